The van der Waals surface area contributed by atoms with E-state index in [1.807, 2.05) is 47.8 Å². The Morgan fingerprint density at radius 3 is 2.60 bits per heavy atom. The summed E-state index contributed by atoms with van der Waals surface area (Å²) in [5, 5.41) is 9.36. The number of anilines is 1. The molecule has 0 atom stereocenters. The molecular formula is C24H24N4OS. The van der Waals surface area contributed by atoms with E-state index >= 15 is 0 Å². The molecular weight excluding hydrogens is 392 g/mol. The van der Waals surface area contributed by atoms with Crippen LogP contribution in [0.3, 0.4) is 0 Å². The third-order valence-electron chi connectivity index (χ3n) is 4.79. The molecule has 0 spiro atoms. The maximum absolute atomic E-state index is 12.2. The molecule has 0 fully saturated rings. The zero-order valence-corrected chi connectivity index (χ0v) is 17.5. The van der Waals surface area contributed by atoms with Crippen molar-refractivity contribution >= 4 is 34.0 Å². The highest BCUT2D eigenvalue weighted by Gasteiger charge is 2.09. The Kier molecular flexibility index (Phi) is 6.67. The van der Waals surface area contributed by atoms with E-state index in [4.69, 9.17) is 0 Å². The second-order valence-corrected chi connectivity index (χ2v) is 8.09. The molecule has 2 N–H and O–H groups in total. The summed E-state index contributed by atoms with van der Waals surface area (Å²) in [5.74, 6) is 1.40. The van der Waals surface area contributed by atoms with Gasteiger partial charge in [-0.15, -0.1) is 11.3 Å². The largest absolute Gasteiger partial charge is 0.369 e. The van der Waals surface area contributed by atoms with Crippen molar-refractivity contribution in [3.05, 3.63) is 88.4 Å². The van der Waals surface area contributed by atoms with Crippen molar-refractivity contribution in [2.24, 2.45) is 0 Å². The van der Waals surface area contributed by atoms with Gasteiger partial charge in [-0.25, -0.2) is 9.97 Å². The molecule has 0 aliphatic rings. The number of aromatic nitrogens is 2. The van der Waals surface area contributed by atoms with Crippen LogP contribution in [0.1, 0.15) is 22.7 Å². The van der Waals surface area contributed by atoms with Crippen molar-refractivity contribution in [2.75, 3.05) is 11.9 Å². The molecule has 4 rings (SSSR count). The monoisotopic (exact) mass is 416 g/mol. The number of para-hydroxylation sites is 1. The number of nitrogens with zero attached hydrogens (tertiary/aromatic N) is 2. The second-order valence-electron chi connectivity index (χ2n) is 7.05. The zero-order chi connectivity index (χ0) is 20.6. The van der Waals surface area contributed by atoms with E-state index in [9.17, 15) is 4.79 Å². The summed E-state index contributed by atoms with van der Waals surface area (Å²) >= 11 is 1.58. The molecule has 0 aliphatic heterocycles. The average molecular weight is 417 g/mol. The summed E-state index contributed by atoms with van der Waals surface area (Å²) in [6.45, 7) is 1.13. The quantitative estimate of drug-likeness (QED) is 0.392. The van der Waals surface area contributed by atoms with Crippen LogP contribution in [-0.2, 0) is 24.2 Å². The lowest BCUT2D eigenvalue weighted by molar-refractivity contribution is -0.120. The first-order valence-electron chi connectivity index (χ1n) is 10.1. The molecule has 0 unspecified atom stereocenters. The van der Waals surface area contributed by atoms with Crippen LogP contribution in [0.5, 0.6) is 0 Å². The Bertz CT molecular complexity index is 1100. The lowest BCUT2D eigenvalue weighted by Crippen LogP contribution is -2.25. The molecule has 30 heavy (non-hydrogen) atoms. The van der Waals surface area contributed by atoms with Crippen LogP contribution >= 0.6 is 11.3 Å². The van der Waals surface area contributed by atoms with Crippen molar-refractivity contribution in [3.8, 4) is 0 Å². The molecule has 0 saturated carbocycles. The van der Waals surface area contributed by atoms with Crippen LogP contribution in [0.2, 0.25) is 0 Å². The molecule has 0 radical (unpaired) electrons. The maximum atomic E-state index is 12.2. The first-order valence-corrected chi connectivity index (χ1v) is 11.0. The number of rotatable bonds is 9. The van der Waals surface area contributed by atoms with Crippen LogP contribution in [0, 0.1) is 0 Å². The van der Waals surface area contributed by atoms with Gasteiger partial charge in [0, 0.05) is 16.8 Å². The van der Waals surface area contributed by atoms with Gasteiger partial charge >= 0.3 is 0 Å². The molecule has 152 valence electrons. The summed E-state index contributed by atoms with van der Waals surface area (Å²) in [6.07, 6.45) is 2.41. The van der Waals surface area contributed by atoms with Crippen LogP contribution in [0.4, 0.5) is 5.82 Å². The first-order chi connectivity index (χ1) is 14.8. The van der Waals surface area contributed by atoms with E-state index in [1.165, 1.54) is 5.56 Å². The highest BCUT2D eigenvalue weighted by Crippen LogP contribution is 2.20. The summed E-state index contributed by atoms with van der Waals surface area (Å²) in [7, 11) is 0. The lowest BCUT2D eigenvalue weighted by atomic mass is 10.1. The van der Waals surface area contributed by atoms with Gasteiger partial charge in [0.2, 0.25) is 5.91 Å². The van der Waals surface area contributed by atoms with Gasteiger partial charge in [-0.05, 0) is 42.0 Å². The fraction of sp³-hybridized carbons (Fsp3) is 0.208. The van der Waals surface area contributed by atoms with Crippen molar-refractivity contribution in [3.63, 3.8) is 0 Å². The number of benzene rings is 2. The summed E-state index contributed by atoms with van der Waals surface area (Å²) < 4.78 is 0. The van der Waals surface area contributed by atoms with Gasteiger partial charge in [-0.2, -0.15) is 0 Å². The zero-order valence-electron chi connectivity index (χ0n) is 16.7. The van der Waals surface area contributed by atoms with Gasteiger partial charge in [0.25, 0.3) is 0 Å². The van der Waals surface area contributed by atoms with E-state index < -0.39 is 0 Å². The number of carbonyl (C=O) groups excluding carboxylic acids is 1. The van der Waals surface area contributed by atoms with Gasteiger partial charge < -0.3 is 10.6 Å². The number of nitrogens with one attached hydrogen (secondary N) is 2. The van der Waals surface area contributed by atoms with Crippen molar-refractivity contribution in [1.82, 2.24) is 15.3 Å². The summed E-state index contributed by atoms with van der Waals surface area (Å²) in [4.78, 5) is 22.5. The van der Waals surface area contributed by atoms with Gasteiger partial charge in [0.05, 0.1) is 18.5 Å². The third kappa shape index (κ3) is 5.42. The molecule has 0 aliphatic carbocycles. The van der Waals surface area contributed by atoms with Gasteiger partial charge in [0.15, 0.2) is 5.82 Å². The summed E-state index contributed by atoms with van der Waals surface area (Å²) in [6, 6.07) is 22.3. The van der Waals surface area contributed by atoms with Gasteiger partial charge in [0.1, 0.15) is 5.82 Å². The highest BCUT2D eigenvalue weighted by molar-refractivity contribution is 7.10. The van der Waals surface area contributed by atoms with Crippen LogP contribution in [0.15, 0.2) is 72.1 Å². The molecule has 0 saturated heterocycles. The Balaban J connectivity index is 1.39. The molecule has 2 heterocycles. The van der Waals surface area contributed by atoms with E-state index in [0.717, 1.165) is 41.0 Å². The second kappa shape index (κ2) is 9.98. The minimum atomic E-state index is -0.0217. The molecule has 2 aromatic carbocycles. The molecule has 4 aromatic rings. The Labute approximate surface area is 180 Å². The molecule has 5 nitrogen and oxygen atoms in total. The van der Waals surface area contributed by atoms with Crippen LogP contribution < -0.4 is 10.6 Å². The number of hydrogen-bond acceptors (Lipinski definition) is 5. The van der Waals surface area contributed by atoms with Crippen molar-refractivity contribution in [2.45, 2.75) is 25.8 Å². The predicted octanol–water partition coefficient (Wildman–Crippen LogP) is 4.59. The minimum Gasteiger partial charge on any atom is -0.369 e. The maximum Gasteiger partial charge on any atom is 0.225 e. The van der Waals surface area contributed by atoms with Gasteiger partial charge in [-0.3, -0.25) is 4.79 Å². The Hall–Kier alpha value is -3.25. The topological polar surface area (TPSA) is 66.9 Å². The smallest absolute Gasteiger partial charge is 0.225 e. The fourth-order valence-corrected chi connectivity index (χ4v) is 4.00. The highest BCUT2D eigenvalue weighted by atomic mass is 32.1. The van der Waals surface area contributed by atoms with E-state index in [-0.39, 0.29) is 5.91 Å². The number of hydrogen-bond donors (Lipinski definition) is 2. The molecule has 6 heteroatoms. The predicted molar refractivity (Wildman–Crippen MR) is 123 cm³/mol. The molecule has 2 aromatic heterocycles. The van der Waals surface area contributed by atoms with E-state index in [0.29, 0.717) is 18.8 Å². The normalized spacial score (nSPS) is 10.8. The number of fused-ring (bicyclic) bond motifs is 1. The SMILES string of the molecule is O=C(Cc1cccs1)NCc1nc(NCCCc2ccccc2)c2ccccc2n1. The van der Waals surface area contributed by atoms with Crippen molar-refractivity contribution in [1.29, 1.82) is 0 Å². The third-order valence-corrected chi connectivity index (χ3v) is 5.66. The van der Waals surface area contributed by atoms with Crippen LogP contribution in [-0.4, -0.2) is 22.4 Å². The first kappa shape index (κ1) is 20.0. The number of thiophene rings is 1. The summed E-state index contributed by atoms with van der Waals surface area (Å²) in [5.41, 5.74) is 2.21. The van der Waals surface area contributed by atoms with E-state index in [2.05, 4.69) is 44.9 Å². The average Bonchev–Trinajstić information content (AvgIpc) is 3.29. The van der Waals surface area contributed by atoms with Crippen LogP contribution in [0.25, 0.3) is 10.9 Å². The number of carbonyl (C=O) groups is 1. The molecule has 0 bridgehead atoms. The van der Waals surface area contributed by atoms with E-state index in [1.54, 1.807) is 11.3 Å². The fourth-order valence-electron chi connectivity index (χ4n) is 3.29. The molecule has 1 amide bonds. The minimum absolute atomic E-state index is 0.0217. The number of amides is 1. The Morgan fingerprint density at radius 1 is 0.933 bits per heavy atom. The van der Waals surface area contributed by atoms with Crippen molar-refractivity contribution < 1.29 is 4.79 Å². The standard InChI is InChI=1S/C24H24N4OS/c29-23(16-19-11-7-15-30-19)26-17-22-27-21-13-5-4-12-20(21)24(28-22)25-14-6-10-18-8-2-1-3-9-18/h1-5,7-9,11-13,15H,6,10,14,16-17H2,(H,26,29)(H,25,27,28). The lowest BCUT2D eigenvalue weighted by Gasteiger charge is -2.11. The Morgan fingerprint density at radius 2 is 1.77 bits per heavy atom. The number of aryl methyl sites for hydroxylation is 1. The van der Waals surface area contributed by atoms with Gasteiger partial charge in [-0.1, -0.05) is 48.5 Å².